The Morgan fingerprint density at radius 2 is 2.18 bits per heavy atom. The third-order valence-electron chi connectivity index (χ3n) is 6.13. The minimum atomic E-state index is 0.0833. The lowest BCUT2D eigenvalue weighted by atomic mass is 9.89. The minimum Gasteiger partial charge on any atom is -0.357 e. The molecule has 0 spiro atoms. The lowest BCUT2D eigenvalue weighted by Gasteiger charge is -2.39. The lowest BCUT2D eigenvalue weighted by Crippen LogP contribution is -2.49. The number of anilines is 2. The highest BCUT2D eigenvalue weighted by atomic mass is 35.5. The number of rotatable bonds is 5. The molecular weight excluding hydrogens is 394 g/mol. The zero-order valence-electron chi connectivity index (χ0n) is 15.5. The van der Waals surface area contributed by atoms with Gasteiger partial charge >= 0.3 is 0 Å². The number of piperidine rings is 1. The molecule has 3 aliphatic rings. The van der Waals surface area contributed by atoms with Crippen molar-refractivity contribution < 1.29 is 9.59 Å². The topological polar surface area (TPSA) is 52.7 Å². The van der Waals surface area contributed by atoms with Crippen LogP contribution in [0.3, 0.4) is 0 Å². The predicted octanol–water partition coefficient (Wildman–Crippen LogP) is 3.99. The van der Waals surface area contributed by atoms with Crippen LogP contribution >= 0.6 is 22.9 Å². The molecule has 0 aliphatic carbocycles. The van der Waals surface area contributed by atoms with E-state index in [0.717, 1.165) is 43.0 Å². The number of Topliss-reactive ketones (excluding diaryl/α,β-unsaturated/α-hetero) is 1. The summed E-state index contributed by atoms with van der Waals surface area (Å²) < 4.78 is 0.666. The number of ketones is 1. The van der Waals surface area contributed by atoms with Crippen LogP contribution in [0.4, 0.5) is 11.4 Å². The van der Waals surface area contributed by atoms with Crippen LogP contribution in [-0.4, -0.2) is 48.8 Å². The van der Waals surface area contributed by atoms with Gasteiger partial charge in [-0.25, -0.2) is 0 Å². The molecule has 3 aliphatic heterocycles. The Balaban J connectivity index is 1.23. The van der Waals surface area contributed by atoms with E-state index in [9.17, 15) is 9.59 Å². The third-order valence-corrected chi connectivity index (χ3v) is 7.40. The maximum atomic E-state index is 12.3. The number of thiophene rings is 1. The van der Waals surface area contributed by atoms with Crippen LogP contribution in [0.15, 0.2) is 30.3 Å². The van der Waals surface area contributed by atoms with Crippen molar-refractivity contribution in [3.8, 4) is 0 Å². The molecule has 2 aromatic rings. The number of carbonyl (C=O) groups excluding carboxylic acids is 2. The Morgan fingerprint density at radius 3 is 3.00 bits per heavy atom. The van der Waals surface area contributed by atoms with Crippen molar-refractivity contribution in [3.05, 3.63) is 45.1 Å². The monoisotopic (exact) mass is 415 g/mol. The fourth-order valence-corrected chi connectivity index (χ4v) is 5.94. The third kappa shape index (κ3) is 3.13. The van der Waals surface area contributed by atoms with Crippen molar-refractivity contribution in [1.82, 2.24) is 4.90 Å². The summed E-state index contributed by atoms with van der Waals surface area (Å²) >= 11 is 7.29. The standard InChI is InChI=1S/C21H22ClN3O2S/c22-19-7-6-18(28-19)17(26)5-2-9-24-10-8-16-14(11-24)13-3-1-4-15-21(13)25(16)12-20(27)23-15/h1,3-4,6-7,14,16H,2,5,8-12H2,(H,23,27)/t14-,16-/m0/s1. The van der Waals surface area contributed by atoms with E-state index >= 15 is 0 Å². The van der Waals surface area contributed by atoms with Gasteiger partial charge < -0.3 is 15.1 Å². The molecule has 0 radical (unpaired) electrons. The largest absolute Gasteiger partial charge is 0.357 e. The normalized spacial score (nSPS) is 23.3. The maximum Gasteiger partial charge on any atom is 0.243 e. The second-order valence-corrected chi connectivity index (χ2v) is 9.53. The van der Waals surface area contributed by atoms with E-state index < -0.39 is 0 Å². The van der Waals surface area contributed by atoms with Crippen LogP contribution in [0.5, 0.6) is 0 Å². The summed E-state index contributed by atoms with van der Waals surface area (Å²) in [6, 6.07) is 10.3. The van der Waals surface area contributed by atoms with E-state index in [1.165, 1.54) is 22.6 Å². The molecule has 5 rings (SSSR count). The molecule has 1 fully saturated rings. The van der Waals surface area contributed by atoms with Gasteiger partial charge in [0.1, 0.15) is 0 Å². The maximum absolute atomic E-state index is 12.3. The van der Waals surface area contributed by atoms with Gasteiger partial charge in [0, 0.05) is 31.5 Å². The van der Waals surface area contributed by atoms with Crippen LogP contribution in [0.25, 0.3) is 0 Å². The summed E-state index contributed by atoms with van der Waals surface area (Å²) in [6.45, 7) is 3.40. The number of halogens is 1. The molecule has 1 aromatic carbocycles. The molecule has 2 atom stereocenters. The van der Waals surface area contributed by atoms with E-state index in [1.807, 2.05) is 18.2 Å². The van der Waals surface area contributed by atoms with E-state index in [1.54, 1.807) is 6.07 Å². The lowest BCUT2D eigenvalue weighted by molar-refractivity contribution is -0.115. The fourth-order valence-electron chi connectivity index (χ4n) is 4.93. The SMILES string of the molecule is O=C1CN2c3c(cccc3[C@@H]3CN(CCCC(=O)c4ccc(Cl)s4)CC[C@@H]32)N1. The second kappa shape index (κ2) is 7.17. The zero-order valence-corrected chi connectivity index (χ0v) is 17.1. The second-order valence-electron chi connectivity index (χ2n) is 7.81. The molecule has 7 heteroatoms. The number of nitrogens with zero attached hydrogens (tertiary/aromatic N) is 2. The molecule has 5 nitrogen and oxygen atoms in total. The molecule has 0 bridgehead atoms. The summed E-state index contributed by atoms with van der Waals surface area (Å²) in [5.41, 5.74) is 3.54. The first kappa shape index (κ1) is 18.2. The Hall–Kier alpha value is -1.89. The Labute approximate surface area is 173 Å². The van der Waals surface area contributed by atoms with Crippen molar-refractivity contribution in [3.63, 3.8) is 0 Å². The van der Waals surface area contributed by atoms with Gasteiger partial charge in [-0.3, -0.25) is 9.59 Å². The molecule has 4 heterocycles. The van der Waals surface area contributed by atoms with Gasteiger partial charge in [0.15, 0.2) is 5.78 Å². The number of fused-ring (bicyclic) bond motifs is 3. The van der Waals surface area contributed by atoms with Crippen LogP contribution in [0.2, 0.25) is 4.34 Å². The van der Waals surface area contributed by atoms with Crippen LogP contribution in [-0.2, 0) is 4.79 Å². The van der Waals surface area contributed by atoms with E-state index in [2.05, 4.69) is 21.2 Å². The van der Waals surface area contributed by atoms with E-state index in [4.69, 9.17) is 11.6 Å². The molecule has 146 valence electrons. The molecular formula is C21H22ClN3O2S. The van der Waals surface area contributed by atoms with Crippen molar-refractivity contribution in [2.75, 3.05) is 36.4 Å². The number of benzene rings is 1. The average Bonchev–Trinajstić information content (AvgIpc) is 3.25. The number of hydrogen-bond acceptors (Lipinski definition) is 5. The Kier molecular flexibility index (Phi) is 4.65. The summed E-state index contributed by atoms with van der Waals surface area (Å²) in [7, 11) is 0. The number of hydrogen-bond donors (Lipinski definition) is 1. The zero-order chi connectivity index (χ0) is 19.3. The predicted molar refractivity (Wildman–Crippen MR) is 113 cm³/mol. The van der Waals surface area contributed by atoms with Gasteiger partial charge in [0.2, 0.25) is 5.91 Å². The first-order valence-corrected chi connectivity index (χ1v) is 11.0. The first-order chi connectivity index (χ1) is 13.6. The number of nitrogens with one attached hydrogen (secondary N) is 1. The van der Waals surface area contributed by atoms with Crippen LogP contribution in [0.1, 0.15) is 40.4 Å². The number of carbonyl (C=O) groups is 2. The fraction of sp³-hybridized carbons (Fsp3) is 0.429. The minimum absolute atomic E-state index is 0.0833. The van der Waals surface area contributed by atoms with Gasteiger partial charge in [0.25, 0.3) is 0 Å². The Bertz CT molecular complexity index is 943. The quantitative estimate of drug-likeness (QED) is 0.750. The molecule has 1 saturated heterocycles. The summed E-state index contributed by atoms with van der Waals surface area (Å²) in [5.74, 6) is 0.701. The van der Waals surface area contributed by atoms with Crippen LogP contribution in [0, 0.1) is 0 Å². The van der Waals surface area contributed by atoms with Crippen molar-refractivity contribution >= 4 is 46.0 Å². The summed E-state index contributed by atoms with van der Waals surface area (Å²) in [4.78, 5) is 29.9. The number of para-hydroxylation sites is 1. The van der Waals surface area contributed by atoms with Gasteiger partial charge in [-0.2, -0.15) is 0 Å². The highest BCUT2D eigenvalue weighted by Crippen LogP contribution is 2.49. The highest BCUT2D eigenvalue weighted by molar-refractivity contribution is 7.18. The first-order valence-electron chi connectivity index (χ1n) is 9.80. The Morgan fingerprint density at radius 1 is 1.29 bits per heavy atom. The molecule has 0 saturated carbocycles. The van der Waals surface area contributed by atoms with Crippen molar-refractivity contribution in [2.45, 2.75) is 31.2 Å². The molecule has 1 aromatic heterocycles. The average molecular weight is 416 g/mol. The van der Waals surface area contributed by atoms with Gasteiger partial charge in [-0.05, 0) is 43.1 Å². The van der Waals surface area contributed by atoms with Gasteiger partial charge in [-0.15, -0.1) is 11.3 Å². The summed E-state index contributed by atoms with van der Waals surface area (Å²) in [6.07, 6.45) is 2.48. The number of likely N-dealkylation sites (tertiary alicyclic amines) is 1. The molecule has 1 N–H and O–H groups in total. The van der Waals surface area contributed by atoms with E-state index in [-0.39, 0.29) is 11.7 Å². The van der Waals surface area contributed by atoms with E-state index in [0.29, 0.717) is 29.3 Å². The highest BCUT2D eigenvalue weighted by Gasteiger charge is 2.44. The van der Waals surface area contributed by atoms with Crippen molar-refractivity contribution in [1.29, 1.82) is 0 Å². The molecule has 28 heavy (non-hydrogen) atoms. The molecule has 1 amide bonds. The number of amides is 1. The van der Waals surface area contributed by atoms with Crippen molar-refractivity contribution in [2.24, 2.45) is 0 Å². The van der Waals surface area contributed by atoms with Crippen LogP contribution < -0.4 is 10.2 Å². The smallest absolute Gasteiger partial charge is 0.243 e. The van der Waals surface area contributed by atoms with Gasteiger partial charge in [-0.1, -0.05) is 23.7 Å². The summed E-state index contributed by atoms with van der Waals surface area (Å²) in [5, 5.41) is 3.02. The van der Waals surface area contributed by atoms with Gasteiger partial charge in [0.05, 0.1) is 27.1 Å². The molecule has 0 unspecified atom stereocenters.